The van der Waals surface area contributed by atoms with Crippen LogP contribution in [0.2, 0.25) is 0 Å². The Labute approximate surface area is 106 Å². The molecule has 3 heteroatoms. The molecule has 0 aromatic carbocycles. The zero-order valence-corrected chi connectivity index (χ0v) is 11.5. The summed E-state index contributed by atoms with van der Waals surface area (Å²) in [5, 5.41) is 0. The molecular weight excluding hydrogens is 212 g/mol. The van der Waals surface area contributed by atoms with E-state index in [-0.39, 0.29) is 0 Å². The molecule has 0 aliphatic carbocycles. The van der Waals surface area contributed by atoms with Gasteiger partial charge in [-0.05, 0) is 31.7 Å². The highest BCUT2D eigenvalue weighted by Gasteiger charge is 2.28. The number of rotatable bonds is 7. The molecule has 1 rings (SSSR count). The molecule has 1 fully saturated rings. The van der Waals surface area contributed by atoms with E-state index in [0.29, 0.717) is 24.4 Å². The van der Waals surface area contributed by atoms with Gasteiger partial charge in [0, 0.05) is 19.0 Å². The van der Waals surface area contributed by atoms with E-state index in [2.05, 4.69) is 18.7 Å². The average Bonchev–Trinajstić information content (AvgIpc) is 2.32. The van der Waals surface area contributed by atoms with Crippen LogP contribution in [-0.4, -0.2) is 29.9 Å². The number of nitrogens with zero attached hydrogens (tertiary/aromatic N) is 1. The Hall–Kier alpha value is -0.570. The molecule has 2 unspecified atom stereocenters. The standard InChI is InChI=1S/C14H28N2O/c1-3-4-5-6-13(9-10-15)16-11-12(2)7-8-14(16)17/h12-13H,3-11,15H2,1-2H3. The van der Waals surface area contributed by atoms with E-state index in [1.807, 2.05) is 0 Å². The predicted octanol–water partition coefficient (Wildman–Crippen LogP) is 2.54. The van der Waals surface area contributed by atoms with E-state index in [1.54, 1.807) is 0 Å². The third kappa shape index (κ3) is 4.66. The normalized spacial score (nSPS) is 22.9. The van der Waals surface area contributed by atoms with Gasteiger partial charge in [0.05, 0.1) is 0 Å². The van der Waals surface area contributed by atoms with Crippen LogP contribution in [0.4, 0.5) is 0 Å². The van der Waals surface area contributed by atoms with E-state index in [0.717, 1.165) is 32.2 Å². The summed E-state index contributed by atoms with van der Waals surface area (Å²) in [5.41, 5.74) is 5.68. The summed E-state index contributed by atoms with van der Waals surface area (Å²) in [6.07, 6.45) is 7.60. The summed E-state index contributed by atoms with van der Waals surface area (Å²) in [6.45, 7) is 6.08. The second kappa shape index (κ2) is 7.70. The molecule has 1 heterocycles. The van der Waals surface area contributed by atoms with Gasteiger partial charge in [0.25, 0.3) is 0 Å². The lowest BCUT2D eigenvalue weighted by molar-refractivity contribution is -0.137. The summed E-state index contributed by atoms with van der Waals surface area (Å²) in [5.74, 6) is 0.997. The second-order valence-electron chi connectivity index (χ2n) is 5.42. The summed E-state index contributed by atoms with van der Waals surface area (Å²) in [6, 6.07) is 0.391. The number of hydrogen-bond acceptors (Lipinski definition) is 2. The minimum Gasteiger partial charge on any atom is -0.339 e. The maximum Gasteiger partial charge on any atom is 0.222 e. The highest BCUT2D eigenvalue weighted by molar-refractivity contribution is 5.77. The second-order valence-corrected chi connectivity index (χ2v) is 5.42. The summed E-state index contributed by atoms with van der Waals surface area (Å²) in [4.78, 5) is 14.1. The van der Waals surface area contributed by atoms with Crippen molar-refractivity contribution in [2.45, 2.75) is 64.8 Å². The number of carbonyl (C=O) groups excluding carboxylic acids is 1. The van der Waals surface area contributed by atoms with Gasteiger partial charge < -0.3 is 10.6 Å². The van der Waals surface area contributed by atoms with Crippen LogP contribution >= 0.6 is 0 Å². The Morgan fingerprint density at radius 1 is 1.41 bits per heavy atom. The van der Waals surface area contributed by atoms with Gasteiger partial charge >= 0.3 is 0 Å². The molecular formula is C14H28N2O. The molecule has 2 N–H and O–H groups in total. The smallest absolute Gasteiger partial charge is 0.222 e. The van der Waals surface area contributed by atoms with Gasteiger partial charge in [0.1, 0.15) is 0 Å². The van der Waals surface area contributed by atoms with Crippen LogP contribution < -0.4 is 5.73 Å². The third-order valence-electron chi connectivity index (χ3n) is 3.76. The number of hydrogen-bond donors (Lipinski definition) is 1. The minimum absolute atomic E-state index is 0.345. The van der Waals surface area contributed by atoms with Gasteiger partial charge in [0.15, 0.2) is 0 Å². The van der Waals surface area contributed by atoms with E-state index in [9.17, 15) is 4.79 Å². The van der Waals surface area contributed by atoms with E-state index >= 15 is 0 Å². The Balaban J connectivity index is 2.51. The summed E-state index contributed by atoms with van der Waals surface area (Å²) < 4.78 is 0. The number of unbranched alkanes of at least 4 members (excludes halogenated alkanes) is 2. The molecule has 0 bridgehead atoms. The van der Waals surface area contributed by atoms with Gasteiger partial charge in [-0.25, -0.2) is 0 Å². The van der Waals surface area contributed by atoms with Crippen LogP contribution in [0, 0.1) is 5.92 Å². The quantitative estimate of drug-likeness (QED) is 0.695. The molecule has 1 saturated heterocycles. The predicted molar refractivity (Wildman–Crippen MR) is 71.7 cm³/mol. The van der Waals surface area contributed by atoms with Crippen LogP contribution in [0.1, 0.15) is 58.8 Å². The van der Waals surface area contributed by atoms with Gasteiger partial charge in [-0.15, -0.1) is 0 Å². The Kier molecular flexibility index (Phi) is 6.56. The fraction of sp³-hybridized carbons (Fsp3) is 0.929. The molecule has 100 valence electrons. The van der Waals surface area contributed by atoms with Crippen LogP contribution in [0.15, 0.2) is 0 Å². The lowest BCUT2D eigenvalue weighted by atomic mass is 9.95. The van der Waals surface area contributed by atoms with Crippen LogP contribution in [0.5, 0.6) is 0 Å². The fourth-order valence-corrected chi connectivity index (χ4v) is 2.67. The van der Waals surface area contributed by atoms with Crippen molar-refractivity contribution in [3.8, 4) is 0 Å². The minimum atomic E-state index is 0.345. The number of carbonyl (C=O) groups is 1. The first-order valence-electron chi connectivity index (χ1n) is 7.18. The van der Waals surface area contributed by atoms with Crippen molar-refractivity contribution in [3.63, 3.8) is 0 Å². The molecule has 0 radical (unpaired) electrons. The largest absolute Gasteiger partial charge is 0.339 e. The Morgan fingerprint density at radius 3 is 2.82 bits per heavy atom. The van der Waals surface area contributed by atoms with Crippen molar-refractivity contribution < 1.29 is 4.79 Å². The molecule has 1 aliphatic heterocycles. The molecule has 2 atom stereocenters. The number of nitrogens with two attached hydrogens (primary N) is 1. The highest BCUT2D eigenvalue weighted by atomic mass is 16.2. The first kappa shape index (κ1) is 14.5. The SMILES string of the molecule is CCCCCC(CCN)N1CC(C)CCC1=O. The Morgan fingerprint density at radius 2 is 2.18 bits per heavy atom. The maximum absolute atomic E-state index is 12.0. The lowest BCUT2D eigenvalue weighted by Crippen LogP contribution is -2.46. The van der Waals surface area contributed by atoms with Crippen LogP contribution in [0.25, 0.3) is 0 Å². The molecule has 0 saturated carbocycles. The highest BCUT2D eigenvalue weighted by Crippen LogP contribution is 2.23. The zero-order chi connectivity index (χ0) is 12.7. The monoisotopic (exact) mass is 240 g/mol. The lowest BCUT2D eigenvalue weighted by Gasteiger charge is -2.37. The number of amides is 1. The van der Waals surface area contributed by atoms with Gasteiger partial charge in [0.2, 0.25) is 5.91 Å². The van der Waals surface area contributed by atoms with Crippen molar-refractivity contribution in [1.29, 1.82) is 0 Å². The van der Waals surface area contributed by atoms with E-state index in [1.165, 1.54) is 19.3 Å². The molecule has 0 spiro atoms. The summed E-state index contributed by atoms with van der Waals surface area (Å²) in [7, 11) is 0. The zero-order valence-electron chi connectivity index (χ0n) is 11.5. The first-order chi connectivity index (χ1) is 8.19. The maximum atomic E-state index is 12.0. The topological polar surface area (TPSA) is 46.3 Å². The molecule has 3 nitrogen and oxygen atoms in total. The van der Waals surface area contributed by atoms with Crippen molar-refractivity contribution >= 4 is 5.91 Å². The van der Waals surface area contributed by atoms with Crippen molar-refractivity contribution in [2.75, 3.05) is 13.1 Å². The first-order valence-corrected chi connectivity index (χ1v) is 7.18. The Bertz CT molecular complexity index is 230. The van der Waals surface area contributed by atoms with Gasteiger partial charge in [-0.3, -0.25) is 4.79 Å². The molecule has 17 heavy (non-hydrogen) atoms. The van der Waals surface area contributed by atoms with Gasteiger partial charge in [-0.1, -0.05) is 33.1 Å². The van der Waals surface area contributed by atoms with Crippen molar-refractivity contribution in [2.24, 2.45) is 11.7 Å². The number of piperidine rings is 1. The van der Waals surface area contributed by atoms with Crippen LogP contribution in [0.3, 0.4) is 0 Å². The van der Waals surface area contributed by atoms with E-state index < -0.39 is 0 Å². The molecule has 1 aliphatic rings. The van der Waals surface area contributed by atoms with Crippen LogP contribution in [-0.2, 0) is 4.79 Å². The summed E-state index contributed by atoms with van der Waals surface area (Å²) >= 11 is 0. The number of likely N-dealkylation sites (tertiary alicyclic amines) is 1. The average molecular weight is 240 g/mol. The van der Waals surface area contributed by atoms with Crippen molar-refractivity contribution in [3.05, 3.63) is 0 Å². The van der Waals surface area contributed by atoms with Gasteiger partial charge in [-0.2, -0.15) is 0 Å². The molecule has 0 aromatic rings. The molecule has 1 amide bonds. The van der Waals surface area contributed by atoms with Crippen molar-refractivity contribution in [1.82, 2.24) is 4.90 Å². The van der Waals surface area contributed by atoms with E-state index in [4.69, 9.17) is 5.73 Å². The fourth-order valence-electron chi connectivity index (χ4n) is 2.67. The molecule has 0 aromatic heterocycles. The third-order valence-corrected chi connectivity index (χ3v) is 3.76.